The Morgan fingerprint density at radius 1 is 0.929 bits per heavy atom. The molecule has 2 N–H and O–H groups in total. The lowest BCUT2D eigenvalue weighted by atomic mass is 9.95. The van der Waals surface area contributed by atoms with Crippen molar-refractivity contribution < 1.29 is 19.7 Å². The number of aromatic nitrogens is 1. The van der Waals surface area contributed by atoms with Gasteiger partial charge in [0.2, 0.25) is 0 Å². The van der Waals surface area contributed by atoms with Crippen LogP contribution in [-0.2, 0) is 9.59 Å². The molecule has 1 atom stereocenters. The van der Waals surface area contributed by atoms with E-state index in [0.717, 1.165) is 10.0 Å². The molecule has 1 unspecified atom stereocenters. The molecule has 0 aliphatic carbocycles. The van der Waals surface area contributed by atoms with Gasteiger partial charge in [-0.1, -0.05) is 64.5 Å². The molecular formula is C22H16BrN2O3+. The van der Waals surface area contributed by atoms with Gasteiger partial charge in [-0.2, -0.15) is 4.90 Å². The molecule has 0 radical (unpaired) electrons. The third kappa shape index (κ3) is 3.12. The summed E-state index contributed by atoms with van der Waals surface area (Å²) in [4.78, 5) is 30.2. The fourth-order valence-electron chi connectivity index (χ4n) is 3.33. The number of halogens is 1. The van der Waals surface area contributed by atoms with Crippen molar-refractivity contribution >= 4 is 39.2 Å². The number of benzene rings is 2. The Bertz CT molecular complexity index is 1060. The fourth-order valence-corrected chi connectivity index (χ4v) is 3.59. The monoisotopic (exact) mass is 435 g/mol. The molecule has 3 aromatic rings. The lowest BCUT2D eigenvalue weighted by Gasteiger charge is -2.18. The van der Waals surface area contributed by atoms with Crippen molar-refractivity contribution in [1.29, 1.82) is 0 Å². The molecule has 0 saturated carbocycles. The lowest BCUT2D eigenvalue weighted by molar-refractivity contribution is -0.363. The maximum atomic E-state index is 12.9. The first-order valence-corrected chi connectivity index (χ1v) is 9.46. The number of hydrogen-bond donors (Lipinski definition) is 1. The number of aromatic amines is 1. The number of nitrogens with zero attached hydrogens (tertiary/aromatic N) is 1. The average molecular weight is 436 g/mol. The molecule has 0 spiro atoms. The first-order valence-electron chi connectivity index (χ1n) is 8.66. The zero-order valence-corrected chi connectivity index (χ0v) is 16.3. The van der Waals surface area contributed by atoms with Crippen LogP contribution in [0.2, 0.25) is 0 Å². The molecule has 6 heteroatoms. The molecule has 2 aromatic carbocycles. The van der Waals surface area contributed by atoms with Crippen LogP contribution in [0.4, 0.5) is 5.82 Å². The highest BCUT2D eigenvalue weighted by Crippen LogP contribution is 2.40. The van der Waals surface area contributed by atoms with E-state index in [0.29, 0.717) is 11.4 Å². The zero-order chi connectivity index (χ0) is 19.7. The van der Waals surface area contributed by atoms with Crippen LogP contribution in [0.1, 0.15) is 17.2 Å². The van der Waals surface area contributed by atoms with E-state index < -0.39 is 17.7 Å². The van der Waals surface area contributed by atoms with Gasteiger partial charge in [-0.3, -0.25) is 4.79 Å². The van der Waals surface area contributed by atoms with Gasteiger partial charge in [-0.05, 0) is 18.2 Å². The van der Waals surface area contributed by atoms with E-state index in [1.165, 1.54) is 4.90 Å². The maximum absolute atomic E-state index is 12.9. The Hall–Kier alpha value is -3.25. The van der Waals surface area contributed by atoms with Gasteiger partial charge >= 0.3 is 5.91 Å². The number of rotatable bonds is 3. The van der Waals surface area contributed by atoms with Crippen LogP contribution in [0.15, 0.2) is 89.0 Å². The second-order valence-corrected chi connectivity index (χ2v) is 7.25. The van der Waals surface area contributed by atoms with E-state index in [-0.39, 0.29) is 11.3 Å². The summed E-state index contributed by atoms with van der Waals surface area (Å²) < 4.78 is 0.850. The molecular weight excluding hydrogens is 420 g/mol. The van der Waals surface area contributed by atoms with Crippen molar-refractivity contribution in [3.8, 4) is 0 Å². The predicted octanol–water partition coefficient (Wildman–Crippen LogP) is 3.89. The number of pyridine rings is 1. The summed E-state index contributed by atoms with van der Waals surface area (Å²) in [6.07, 6.45) is 1.69. The molecule has 5 nitrogen and oxygen atoms in total. The van der Waals surface area contributed by atoms with Crippen LogP contribution < -0.4 is 9.88 Å². The van der Waals surface area contributed by atoms with Crippen LogP contribution in [0, 0.1) is 0 Å². The Balaban J connectivity index is 1.94. The van der Waals surface area contributed by atoms with Crippen LogP contribution in [0.5, 0.6) is 0 Å². The summed E-state index contributed by atoms with van der Waals surface area (Å²) in [6.45, 7) is 0. The van der Waals surface area contributed by atoms with Crippen molar-refractivity contribution in [2.75, 3.05) is 4.90 Å². The normalized spacial score (nSPS) is 18.5. The van der Waals surface area contributed by atoms with Crippen molar-refractivity contribution in [1.82, 2.24) is 0 Å². The standard InChI is InChI=1S/C22H15BrN2O3/c23-16-11-9-15(10-12-16)20(26)18-19(14-6-2-1-3-7-14)25(22(28)21(18)27)17-8-4-5-13-24-17/h1-13,19,26H/p+1. The summed E-state index contributed by atoms with van der Waals surface area (Å²) in [5.74, 6) is -1.12. The Kier molecular flexibility index (Phi) is 4.79. The Labute approximate surface area is 170 Å². The predicted molar refractivity (Wildman–Crippen MR) is 108 cm³/mol. The van der Waals surface area contributed by atoms with E-state index in [1.54, 1.807) is 48.7 Å². The zero-order valence-electron chi connectivity index (χ0n) is 14.7. The minimum atomic E-state index is -0.733. The van der Waals surface area contributed by atoms with Gasteiger partial charge in [0.25, 0.3) is 11.6 Å². The minimum Gasteiger partial charge on any atom is -0.507 e. The molecule has 1 fully saturated rings. The summed E-state index contributed by atoms with van der Waals surface area (Å²) in [5.41, 5.74) is 1.27. The molecule has 138 valence electrons. The lowest BCUT2D eigenvalue weighted by Crippen LogP contribution is -2.33. The number of H-pyrrole nitrogens is 1. The van der Waals surface area contributed by atoms with E-state index >= 15 is 0 Å². The largest absolute Gasteiger partial charge is 0.507 e. The van der Waals surface area contributed by atoms with Crippen molar-refractivity contribution in [3.63, 3.8) is 0 Å². The van der Waals surface area contributed by atoms with Gasteiger partial charge in [0.15, 0.2) is 6.04 Å². The van der Waals surface area contributed by atoms with Crippen LogP contribution in [0.3, 0.4) is 0 Å². The number of carbonyl (C=O) groups is 2. The number of ketones is 1. The molecule has 1 amide bonds. The Morgan fingerprint density at radius 3 is 2.25 bits per heavy atom. The highest BCUT2D eigenvalue weighted by atomic mass is 79.9. The van der Waals surface area contributed by atoms with Gasteiger partial charge < -0.3 is 5.11 Å². The van der Waals surface area contributed by atoms with Gasteiger partial charge in [-0.25, -0.2) is 9.78 Å². The maximum Gasteiger partial charge on any atom is 0.382 e. The molecule has 0 bridgehead atoms. The molecule has 28 heavy (non-hydrogen) atoms. The second kappa shape index (κ2) is 7.40. The van der Waals surface area contributed by atoms with E-state index in [2.05, 4.69) is 20.9 Å². The fraction of sp³-hybridized carbons (Fsp3) is 0.0455. The number of amides is 1. The van der Waals surface area contributed by atoms with Crippen molar-refractivity contribution in [3.05, 3.63) is 100 Å². The number of nitrogens with one attached hydrogen (secondary N) is 1. The van der Waals surface area contributed by atoms with Gasteiger partial charge in [-0.15, -0.1) is 0 Å². The smallest absolute Gasteiger partial charge is 0.382 e. The van der Waals surface area contributed by atoms with E-state index in [9.17, 15) is 14.7 Å². The quantitative estimate of drug-likeness (QED) is 0.385. The first-order chi connectivity index (χ1) is 13.6. The van der Waals surface area contributed by atoms with Gasteiger partial charge in [0.05, 0.1) is 11.8 Å². The van der Waals surface area contributed by atoms with Crippen molar-refractivity contribution in [2.24, 2.45) is 0 Å². The minimum absolute atomic E-state index is 0.0655. The molecule has 1 aliphatic heterocycles. The second-order valence-electron chi connectivity index (χ2n) is 6.33. The molecule has 2 heterocycles. The number of hydrogen-bond acceptors (Lipinski definition) is 3. The van der Waals surface area contributed by atoms with Crippen LogP contribution in [0.25, 0.3) is 5.76 Å². The summed E-state index contributed by atoms with van der Waals surface area (Å²) in [5, 5.41) is 11.0. The average Bonchev–Trinajstić information content (AvgIpc) is 3.00. The number of carbonyl (C=O) groups excluding carboxylic acids is 2. The van der Waals surface area contributed by atoms with Gasteiger partial charge in [0, 0.05) is 21.7 Å². The third-order valence-corrected chi connectivity index (χ3v) is 5.16. The summed E-state index contributed by atoms with van der Waals surface area (Å²) >= 11 is 3.36. The third-order valence-electron chi connectivity index (χ3n) is 4.63. The molecule has 1 saturated heterocycles. The van der Waals surface area contributed by atoms with Crippen LogP contribution >= 0.6 is 15.9 Å². The number of aliphatic hydroxyl groups is 1. The van der Waals surface area contributed by atoms with E-state index in [1.807, 2.05) is 30.3 Å². The highest BCUT2D eigenvalue weighted by molar-refractivity contribution is 9.10. The summed E-state index contributed by atoms with van der Waals surface area (Å²) in [7, 11) is 0. The number of anilines is 1. The van der Waals surface area contributed by atoms with Crippen LogP contribution in [-0.4, -0.2) is 16.8 Å². The number of aliphatic hydroxyl groups excluding tert-OH is 1. The van der Waals surface area contributed by atoms with Crippen molar-refractivity contribution in [2.45, 2.75) is 6.04 Å². The SMILES string of the molecule is O=C1C(=O)N(c2cccc[nH+]2)C(c2ccccc2)C1=C(O)c1ccc(Br)cc1. The molecule has 1 aromatic heterocycles. The summed E-state index contributed by atoms with van der Waals surface area (Å²) in [6, 6.07) is 20.7. The Morgan fingerprint density at radius 2 is 1.61 bits per heavy atom. The first kappa shape index (κ1) is 18.1. The van der Waals surface area contributed by atoms with E-state index in [4.69, 9.17) is 0 Å². The molecule has 1 aliphatic rings. The molecule has 4 rings (SSSR count). The van der Waals surface area contributed by atoms with Gasteiger partial charge in [0.1, 0.15) is 5.76 Å². The number of Topliss-reactive ketones (excluding diaryl/α,β-unsaturated/α-hetero) is 1. The topological polar surface area (TPSA) is 71.8 Å². The highest BCUT2D eigenvalue weighted by Gasteiger charge is 2.53.